The molecule has 1 aromatic carbocycles. The van der Waals surface area contributed by atoms with Crippen LogP contribution in [0.15, 0.2) is 18.2 Å². The van der Waals surface area contributed by atoms with E-state index in [0.717, 1.165) is 30.4 Å². The van der Waals surface area contributed by atoms with E-state index in [1.54, 1.807) is 0 Å². The van der Waals surface area contributed by atoms with Gasteiger partial charge in [-0.05, 0) is 68.2 Å². The van der Waals surface area contributed by atoms with Crippen molar-refractivity contribution in [3.8, 4) is 0 Å². The molecule has 0 bridgehead atoms. The van der Waals surface area contributed by atoms with Crippen molar-refractivity contribution < 1.29 is 4.79 Å². The zero-order valence-corrected chi connectivity index (χ0v) is 10.5. The summed E-state index contributed by atoms with van der Waals surface area (Å²) in [6.07, 6.45) is 3.59. The number of hydrogen-bond acceptors (Lipinski definition) is 1. The summed E-state index contributed by atoms with van der Waals surface area (Å²) in [6.45, 7) is 4.13. The van der Waals surface area contributed by atoms with Gasteiger partial charge in [-0.15, -0.1) is 0 Å². The lowest BCUT2D eigenvalue weighted by molar-refractivity contribution is -0.120. The quantitative estimate of drug-likeness (QED) is 0.828. The average Bonchev–Trinajstić information content (AvgIpc) is 2.84. The number of anilines is 1. The van der Waals surface area contributed by atoms with Gasteiger partial charge in [0.15, 0.2) is 0 Å². The number of fused-ring (bicyclic) bond motifs is 1. The molecular formula is C15H19NO. The van der Waals surface area contributed by atoms with Crippen LogP contribution in [0.5, 0.6) is 0 Å². The topological polar surface area (TPSA) is 29.1 Å². The van der Waals surface area contributed by atoms with Crippen LogP contribution in [0, 0.1) is 31.6 Å². The lowest BCUT2D eigenvalue weighted by atomic mass is 10.0. The van der Waals surface area contributed by atoms with Crippen molar-refractivity contribution in [2.75, 3.05) is 5.32 Å². The largest absolute Gasteiger partial charge is 0.326 e. The summed E-state index contributed by atoms with van der Waals surface area (Å²) in [5, 5.41) is 3.07. The molecule has 0 aromatic heterocycles. The fraction of sp³-hybridized carbons (Fsp3) is 0.533. The van der Waals surface area contributed by atoms with E-state index in [1.165, 1.54) is 17.5 Å². The van der Waals surface area contributed by atoms with Crippen molar-refractivity contribution in [1.82, 2.24) is 0 Å². The highest BCUT2D eigenvalue weighted by atomic mass is 16.1. The molecule has 1 aromatic rings. The van der Waals surface area contributed by atoms with Crippen LogP contribution in [0.1, 0.15) is 30.4 Å². The third-order valence-electron chi connectivity index (χ3n) is 4.10. The van der Waals surface area contributed by atoms with Crippen molar-refractivity contribution >= 4 is 11.6 Å². The summed E-state index contributed by atoms with van der Waals surface area (Å²) >= 11 is 0. The van der Waals surface area contributed by atoms with Crippen molar-refractivity contribution in [3.05, 3.63) is 29.3 Å². The molecule has 3 rings (SSSR count). The minimum absolute atomic E-state index is 0.224. The molecule has 1 amide bonds. The Morgan fingerprint density at radius 2 is 1.65 bits per heavy atom. The second-order valence-corrected chi connectivity index (χ2v) is 5.79. The molecule has 1 N–H and O–H groups in total. The Labute approximate surface area is 102 Å². The molecule has 90 valence electrons. The first-order valence-electron chi connectivity index (χ1n) is 6.51. The molecule has 0 aliphatic heterocycles. The Hall–Kier alpha value is -1.31. The Morgan fingerprint density at radius 1 is 1.06 bits per heavy atom. The minimum Gasteiger partial charge on any atom is -0.326 e. The smallest absolute Gasteiger partial charge is 0.227 e. The first-order valence-corrected chi connectivity index (χ1v) is 6.51. The van der Waals surface area contributed by atoms with E-state index in [2.05, 4.69) is 25.2 Å². The highest BCUT2D eigenvalue weighted by Gasteiger charge is 2.47. The molecule has 0 radical (unpaired) electrons. The number of carbonyl (C=O) groups is 1. The number of nitrogens with one attached hydrogen (secondary N) is 1. The van der Waals surface area contributed by atoms with Gasteiger partial charge in [0, 0.05) is 11.6 Å². The third-order valence-corrected chi connectivity index (χ3v) is 4.10. The van der Waals surface area contributed by atoms with Gasteiger partial charge in [-0.2, -0.15) is 0 Å². The lowest BCUT2D eigenvalue weighted by Crippen LogP contribution is -2.21. The molecule has 2 fully saturated rings. The minimum atomic E-state index is 0.224. The zero-order chi connectivity index (χ0) is 12.0. The first kappa shape index (κ1) is 10.8. The molecule has 0 saturated heterocycles. The number of benzene rings is 1. The lowest BCUT2D eigenvalue weighted by Gasteiger charge is -2.13. The van der Waals surface area contributed by atoms with Crippen LogP contribution in [0.3, 0.4) is 0 Å². The van der Waals surface area contributed by atoms with E-state index < -0.39 is 0 Å². The fourth-order valence-electron chi connectivity index (χ4n) is 3.22. The maximum Gasteiger partial charge on any atom is 0.227 e. The highest BCUT2D eigenvalue weighted by Crippen LogP contribution is 2.54. The van der Waals surface area contributed by atoms with E-state index in [0.29, 0.717) is 0 Å². The molecule has 2 aliphatic carbocycles. The van der Waals surface area contributed by atoms with E-state index in [4.69, 9.17) is 0 Å². The number of aryl methyl sites for hydroxylation is 2. The van der Waals surface area contributed by atoms with Gasteiger partial charge in [0.25, 0.3) is 0 Å². The van der Waals surface area contributed by atoms with Crippen LogP contribution in [0.25, 0.3) is 0 Å². The van der Waals surface area contributed by atoms with Crippen LogP contribution in [0.4, 0.5) is 5.69 Å². The number of rotatable bonds is 2. The summed E-state index contributed by atoms with van der Waals surface area (Å²) in [6, 6.07) is 6.21. The zero-order valence-electron chi connectivity index (χ0n) is 10.5. The molecule has 0 heterocycles. The fourth-order valence-corrected chi connectivity index (χ4v) is 3.22. The van der Waals surface area contributed by atoms with Gasteiger partial charge < -0.3 is 5.32 Å². The SMILES string of the molecule is Cc1cc(C)cc(NC(=O)C2CC3CC3C2)c1. The average molecular weight is 229 g/mol. The predicted molar refractivity (Wildman–Crippen MR) is 68.9 cm³/mol. The third kappa shape index (κ3) is 2.21. The van der Waals surface area contributed by atoms with Gasteiger partial charge in [0.05, 0.1) is 0 Å². The molecular weight excluding hydrogens is 210 g/mol. The predicted octanol–water partition coefficient (Wildman–Crippen LogP) is 3.29. The van der Waals surface area contributed by atoms with Crippen LogP contribution >= 0.6 is 0 Å². The van der Waals surface area contributed by atoms with E-state index >= 15 is 0 Å². The van der Waals surface area contributed by atoms with Crippen LogP contribution in [0.2, 0.25) is 0 Å². The molecule has 0 spiro atoms. The molecule has 2 aliphatic rings. The molecule has 2 heteroatoms. The Kier molecular flexibility index (Phi) is 2.46. The molecule has 2 unspecified atom stereocenters. The standard InChI is InChI=1S/C15H19NO/c1-9-3-10(2)5-14(4-9)16-15(17)13-7-11-6-12(11)8-13/h3-5,11-13H,6-8H2,1-2H3,(H,16,17). The van der Waals surface area contributed by atoms with Gasteiger partial charge in [0.2, 0.25) is 5.91 Å². The van der Waals surface area contributed by atoms with E-state index in [9.17, 15) is 4.79 Å². The van der Waals surface area contributed by atoms with Crippen molar-refractivity contribution in [2.45, 2.75) is 33.1 Å². The van der Waals surface area contributed by atoms with Gasteiger partial charge >= 0.3 is 0 Å². The first-order chi connectivity index (χ1) is 8.11. The Balaban J connectivity index is 1.67. The Bertz CT molecular complexity index is 436. The molecule has 2 saturated carbocycles. The second kappa shape index (κ2) is 3.86. The number of amides is 1. The molecule has 17 heavy (non-hydrogen) atoms. The van der Waals surface area contributed by atoms with Crippen molar-refractivity contribution in [1.29, 1.82) is 0 Å². The molecule has 2 atom stereocenters. The number of hydrogen-bond donors (Lipinski definition) is 1. The summed E-state index contributed by atoms with van der Waals surface area (Å²) in [5.74, 6) is 2.22. The Morgan fingerprint density at radius 3 is 2.24 bits per heavy atom. The van der Waals surface area contributed by atoms with Crippen molar-refractivity contribution in [2.24, 2.45) is 17.8 Å². The second-order valence-electron chi connectivity index (χ2n) is 5.79. The van der Waals surface area contributed by atoms with Crippen molar-refractivity contribution in [3.63, 3.8) is 0 Å². The number of carbonyl (C=O) groups excluding carboxylic acids is 1. The maximum atomic E-state index is 12.1. The monoisotopic (exact) mass is 229 g/mol. The summed E-state index contributed by atoms with van der Waals surface area (Å²) < 4.78 is 0. The van der Waals surface area contributed by atoms with Gasteiger partial charge in [0.1, 0.15) is 0 Å². The van der Waals surface area contributed by atoms with Gasteiger partial charge in [-0.25, -0.2) is 0 Å². The molecule has 2 nitrogen and oxygen atoms in total. The van der Waals surface area contributed by atoms with E-state index in [1.807, 2.05) is 12.1 Å². The highest BCUT2D eigenvalue weighted by molar-refractivity contribution is 5.93. The summed E-state index contributed by atoms with van der Waals surface area (Å²) in [4.78, 5) is 12.1. The van der Waals surface area contributed by atoms with E-state index in [-0.39, 0.29) is 11.8 Å². The van der Waals surface area contributed by atoms with Crippen LogP contribution in [-0.2, 0) is 4.79 Å². The summed E-state index contributed by atoms with van der Waals surface area (Å²) in [5.41, 5.74) is 3.36. The van der Waals surface area contributed by atoms with Gasteiger partial charge in [-0.3, -0.25) is 4.79 Å². The van der Waals surface area contributed by atoms with Crippen LogP contribution in [-0.4, -0.2) is 5.91 Å². The summed E-state index contributed by atoms with van der Waals surface area (Å²) in [7, 11) is 0. The van der Waals surface area contributed by atoms with Gasteiger partial charge in [-0.1, -0.05) is 6.07 Å². The maximum absolute atomic E-state index is 12.1. The normalized spacial score (nSPS) is 29.9. The van der Waals surface area contributed by atoms with Crippen LogP contribution < -0.4 is 5.32 Å².